The molecule has 11 nitrogen and oxygen atoms in total. The highest BCUT2D eigenvalue weighted by molar-refractivity contribution is 5.71. The van der Waals surface area contributed by atoms with E-state index in [1.165, 1.54) is 30.3 Å². The van der Waals surface area contributed by atoms with Gasteiger partial charge >= 0.3 is 12.3 Å². The lowest BCUT2D eigenvalue weighted by molar-refractivity contribution is -0.384. The number of carbonyl (C=O) groups excluding carboxylic acids is 1. The van der Waals surface area contributed by atoms with Crippen LogP contribution < -0.4 is 10.1 Å². The molecule has 5 rings (SSSR count). The Morgan fingerprint density at radius 2 is 1.79 bits per heavy atom. The van der Waals surface area contributed by atoms with Crippen molar-refractivity contribution in [2.75, 3.05) is 31.5 Å². The number of anilines is 1. The van der Waals surface area contributed by atoms with Crippen LogP contribution in [0.15, 0.2) is 48.5 Å². The van der Waals surface area contributed by atoms with Gasteiger partial charge in [-0.1, -0.05) is 0 Å². The highest BCUT2D eigenvalue weighted by Gasteiger charge is 2.32. The topological polar surface area (TPSA) is 134 Å². The van der Waals surface area contributed by atoms with E-state index in [1.54, 1.807) is 17.9 Å². The molecule has 3 aromatic rings. The van der Waals surface area contributed by atoms with Gasteiger partial charge < -0.3 is 20.1 Å². The maximum absolute atomic E-state index is 13.0. The number of aromatic hydroxyl groups is 1. The molecular weight excluding hydrogens is 569 g/mol. The normalized spacial score (nSPS) is 18.3. The zero-order chi connectivity index (χ0) is 30.7. The smallest absolute Gasteiger partial charge is 0.416 e. The van der Waals surface area contributed by atoms with E-state index in [0.29, 0.717) is 42.3 Å². The number of nitrogens with zero attached hydrogens (tertiary/aromatic N) is 5. The number of amides is 1. The first-order chi connectivity index (χ1) is 20.5. The molecule has 228 valence electrons. The Morgan fingerprint density at radius 3 is 2.42 bits per heavy atom. The van der Waals surface area contributed by atoms with E-state index in [2.05, 4.69) is 20.4 Å². The minimum absolute atomic E-state index is 0.0763. The number of benzene rings is 2. The minimum atomic E-state index is -4.56. The fraction of sp³-hybridized carbons (Fsp3) is 0.414. The summed E-state index contributed by atoms with van der Waals surface area (Å²) < 4.78 is 44.3. The summed E-state index contributed by atoms with van der Waals surface area (Å²) in [4.78, 5) is 27.0. The summed E-state index contributed by atoms with van der Waals surface area (Å²) in [6.45, 7) is 4.55. The van der Waals surface area contributed by atoms with Gasteiger partial charge in [0, 0.05) is 49.4 Å². The van der Waals surface area contributed by atoms with Crippen molar-refractivity contribution < 1.29 is 32.7 Å². The molecule has 2 N–H and O–H groups in total. The SMILES string of the molecule is Cc1cc(N[C@@H]2CCCN(C3CCN(C(=O)Oc4ccc([N+](=O)[O-])cc4)CC3)C2)nnc1-c1ccc(C(F)(F)F)cc1O. The summed E-state index contributed by atoms with van der Waals surface area (Å²) in [6, 6.07) is 10.4. The lowest BCUT2D eigenvalue weighted by Crippen LogP contribution is -2.52. The number of hydrogen-bond acceptors (Lipinski definition) is 9. The molecule has 0 unspecified atom stereocenters. The Bertz CT molecular complexity index is 1480. The van der Waals surface area contributed by atoms with Crippen molar-refractivity contribution in [2.24, 2.45) is 0 Å². The molecule has 2 fully saturated rings. The monoisotopic (exact) mass is 600 g/mol. The van der Waals surface area contributed by atoms with E-state index in [-0.39, 0.29) is 23.0 Å². The Morgan fingerprint density at radius 1 is 1.07 bits per heavy atom. The zero-order valence-corrected chi connectivity index (χ0v) is 23.4. The summed E-state index contributed by atoms with van der Waals surface area (Å²) >= 11 is 0. The van der Waals surface area contributed by atoms with Crippen molar-refractivity contribution in [1.29, 1.82) is 0 Å². The second-order valence-electron chi connectivity index (χ2n) is 10.8. The molecule has 3 heterocycles. The molecule has 43 heavy (non-hydrogen) atoms. The maximum Gasteiger partial charge on any atom is 0.416 e. The Kier molecular flexibility index (Phi) is 8.67. The molecular formula is C29H31F3N6O5. The second kappa shape index (κ2) is 12.4. The number of nitro groups is 1. The van der Waals surface area contributed by atoms with Gasteiger partial charge in [0.2, 0.25) is 0 Å². The Balaban J connectivity index is 1.14. The van der Waals surface area contributed by atoms with Gasteiger partial charge in [-0.15, -0.1) is 10.2 Å². The first kappa shape index (κ1) is 30.0. The van der Waals surface area contributed by atoms with Crippen LogP contribution in [0.25, 0.3) is 11.3 Å². The van der Waals surface area contributed by atoms with Gasteiger partial charge in [0.15, 0.2) is 0 Å². The molecule has 0 spiro atoms. The fourth-order valence-corrected chi connectivity index (χ4v) is 5.61. The van der Waals surface area contributed by atoms with Crippen LogP contribution >= 0.6 is 0 Å². The van der Waals surface area contributed by atoms with Gasteiger partial charge in [0.25, 0.3) is 5.69 Å². The van der Waals surface area contributed by atoms with Crippen molar-refractivity contribution in [3.05, 3.63) is 69.8 Å². The number of nitro benzene ring substituents is 1. The first-order valence-corrected chi connectivity index (χ1v) is 13.9. The van der Waals surface area contributed by atoms with Gasteiger partial charge in [-0.05, 0) is 81.1 Å². The van der Waals surface area contributed by atoms with Crippen molar-refractivity contribution in [3.8, 4) is 22.8 Å². The lowest BCUT2D eigenvalue weighted by atomic mass is 9.98. The molecule has 2 aliphatic heterocycles. The predicted molar refractivity (Wildman–Crippen MR) is 151 cm³/mol. The van der Waals surface area contributed by atoms with Crippen LogP contribution in [0.2, 0.25) is 0 Å². The van der Waals surface area contributed by atoms with Gasteiger partial charge in [0.1, 0.15) is 17.3 Å². The average Bonchev–Trinajstić information content (AvgIpc) is 2.97. The van der Waals surface area contributed by atoms with Crippen LogP contribution in [-0.4, -0.2) is 74.4 Å². The number of likely N-dealkylation sites (tertiary alicyclic amines) is 2. The molecule has 0 aliphatic carbocycles. The number of non-ortho nitro benzene ring substituents is 1. The highest BCUT2D eigenvalue weighted by Crippen LogP contribution is 2.37. The molecule has 1 atom stereocenters. The van der Waals surface area contributed by atoms with Crippen LogP contribution in [0.5, 0.6) is 11.5 Å². The maximum atomic E-state index is 13.0. The summed E-state index contributed by atoms with van der Waals surface area (Å²) in [6.07, 6.45) is -1.56. The number of nitrogens with one attached hydrogen (secondary N) is 1. The molecule has 2 aliphatic rings. The molecule has 2 saturated heterocycles. The van der Waals surface area contributed by atoms with Gasteiger partial charge in [-0.3, -0.25) is 15.0 Å². The minimum Gasteiger partial charge on any atom is -0.507 e. The summed E-state index contributed by atoms with van der Waals surface area (Å²) in [5.41, 5.74) is 0.130. The number of phenolic OH excluding ortho intramolecular Hbond substituents is 1. The van der Waals surface area contributed by atoms with E-state index >= 15 is 0 Å². The van der Waals surface area contributed by atoms with Gasteiger partial charge in [-0.2, -0.15) is 13.2 Å². The molecule has 1 amide bonds. The van der Waals surface area contributed by atoms with E-state index < -0.39 is 28.5 Å². The quantitative estimate of drug-likeness (QED) is 0.273. The van der Waals surface area contributed by atoms with E-state index in [1.807, 2.05) is 0 Å². The molecule has 14 heteroatoms. The third kappa shape index (κ3) is 7.13. The number of ether oxygens (including phenoxy) is 1. The zero-order valence-electron chi connectivity index (χ0n) is 23.4. The number of aromatic nitrogens is 2. The van der Waals surface area contributed by atoms with Crippen molar-refractivity contribution in [1.82, 2.24) is 20.0 Å². The predicted octanol–water partition coefficient (Wildman–Crippen LogP) is 5.62. The molecule has 0 bridgehead atoms. The number of piperidine rings is 2. The van der Waals surface area contributed by atoms with Crippen LogP contribution in [0.3, 0.4) is 0 Å². The average molecular weight is 601 g/mol. The fourth-order valence-electron chi connectivity index (χ4n) is 5.61. The summed E-state index contributed by atoms with van der Waals surface area (Å²) in [5, 5.41) is 32.9. The number of rotatable bonds is 6. The molecule has 0 radical (unpaired) electrons. The van der Waals surface area contributed by atoms with Crippen LogP contribution in [-0.2, 0) is 6.18 Å². The van der Waals surface area contributed by atoms with Gasteiger partial charge in [-0.25, -0.2) is 4.79 Å². The van der Waals surface area contributed by atoms with Crippen LogP contribution in [0, 0.1) is 17.0 Å². The van der Waals surface area contributed by atoms with E-state index in [4.69, 9.17) is 4.74 Å². The third-order valence-electron chi connectivity index (χ3n) is 7.86. The van der Waals surface area contributed by atoms with Crippen molar-refractivity contribution in [3.63, 3.8) is 0 Å². The number of alkyl halides is 3. The molecule has 1 aromatic heterocycles. The number of phenols is 1. The van der Waals surface area contributed by atoms with E-state index in [0.717, 1.165) is 44.8 Å². The second-order valence-corrected chi connectivity index (χ2v) is 10.8. The van der Waals surface area contributed by atoms with Crippen molar-refractivity contribution in [2.45, 2.75) is 50.9 Å². The van der Waals surface area contributed by atoms with E-state index in [9.17, 15) is 33.2 Å². The highest BCUT2D eigenvalue weighted by atomic mass is 19.4. The first-order valence-electron chi connectivity index (χ1n) is 13.9. The van der Waals surface area contributed by atoms with Crippen LogP contribution in [0.4, 0.5) is 29.5 Å². The number of aryl methyl sites for hydroxylation is 1. The van der Waals surface area contributed by atoms with Crippen LogP contribution in [0.1, 0.15) is 36.8 Å². The Hall–Kier alpha value is -4.46. The number of carbonyl (C=O) groups is 1. The number of hydrogen-bond donors (Lipinski definition) is 2. The standard InChI is InChI=1S/C29H31F3N6O5/c1-18-15-26(34-35-27(18)24-9-4-19(16-25(24)39)29(30,31)32)33-20-3-2-12-37(17-20)21-10-13-36(14-11-21)28(40)43-23-7-5-22(6-8-23)38(41)42/h4-9,15-16,20-21,39H,2-3,10-14,17H2,1H3,(H,33,34)/t20-/m1/s1. The summed E-state index contributed by atoms with van der Waals surface area (Å²) in [5.74, 6) is 0.287. The lowest BCUT2D eigenvalue weighted by Gasteiger charge is -2.42. The van der Waals surface area contributed by atoms with Gasteiger partial charge in [0.05, 0.1) is 16.2 Å². The largest absolute Gasteiger partial charge is 0.507 e. The summed E-state index contributed by atoms with van der Waals surface area (Å²) in [7, 11) is 0. The third-order valence-corrected chi connectivity index (χ3v) is 7.86. The molecule has 2 aromatic carbocycles. The molecule has 0 saturated carbocycles. The number of halogens is 3. The Labute approximate surface area is 245 Å². The van der Waals surface area contributed by atoms with Crippen molar-refractivity contribution >= 4 is 17.6 Å².